The van der Waals surface area contributed by atoms with E-state index in [4.69, 9.17) is 0 Å². The smallest absolute Gasteiger partial charge is 0.255 e. The molecular formula is C14H20N2O2. The first-order valence-corrected chi connectivity index (χ1v) is 6.48. The van der Waals surface area contributed by atoms with Gasteiger partial charge in [-0.1, -0.05) is 12.1 Å². The van der Waals surface area contributed by atoms with E-state index in [2.05, 4.69) is 10.6 Å². The van der Waals surface area contributed by atoms with Gasteiger partial charge in [0, 0.05) is 6.04 Å². The molecule has 18 heavy (non-hydrogen) atoms. The average molecular weight is 248 g/mol. The van der Waals surface area contributed by atoms with Crippen LogP contribution in [0.3, 0.4) is 0 Å². The third-order valence-corrected chi connectivity index (χ3v) is 3.60. The van der Waals surface area contributed by atoms with Crippen molar-refractivity contribution in [3.8, 4) is 5.75 Å². The minimum absolute atomic E-state index is 0.0347. The minimum Gasteiger partial charge on any atom is -0.507 e. The Balaban J connectivity index is 1.96. The van der Waals surface area contributed by atoms with Gasteiger partial charge in [-0.15, -0.1) is 0 Å². The molecule has 1 aliphatic heterocycles. The first-order valence-electron chi connectivity index (χ1n) is 6.48. The fourth-order valence-electron chi connectivity index (χ4n) is 2.41. The largest absolute Gasteiger partial charge is 0.507 e. The van der Waals surface area contributed by atoms with Gasteiger partial charge in [-0.3, -0.25) is 4.79 Å². The van der Waals surface area contributed by atoms with Gasteiger partial charge in [0.25, 0.3) is 5.91 Å². The molecule has 1 aliphatic rings. The number of carbonyl (C=O) groups excluding carboxylic acids is 1. The Hall–Kier alpha value is -1.55. The molecule has 0 aliphatic carbocycles. The van der Waals surface area contributed by atoms with Crippen molar-refractivity contribution in [2.45, 2.75) is 25.8 Å². The van der Waals surface area contributed by atoms with E-state index in [0.29, 0.717) is 11.5 Å². The van der Waals surface area contributed by atoms with E-state index in [1.165, 1.54) is 6.07 Å². The number of phenols is 1. The summed E-state index contributed by atoms with van der Waals surface area (Å²) < 4.78 is 0. The summed E-state index contributed by atoms with van der Waals surface area (Å²) in [5.74, 6) is 0.354. The summed E-state index contributed by atoms with van der Waals surface area (Å²) in [6.07, 6.45) is 2.17. The Morgan fingerprint density at radius 1 is 1.39 bits per heavy atom. The number of benzene rings is 1. The van der Waals surface area contributed by atoms with Crippen LogP contribution in [0.15, 0.2) is 24.3 Å². The van der Waals surface area contributed by atoms with Crippen molar-refractivity contribution in [3.05, 3.63) is 29.8 Å². The summed E-state index contributed by atoms with van der Waals surface area (Å²) >= 11 is 0. The molecule has 1 heterocycles. The number of hydrogen-bond acceptors (Lipinski definition) is 3. The Morgan fingerprint density at radius 3 is 2.72 bits per heavy atom. The molecule has 4 heteroatoms. The van der Waals surface area contributed by atoms with Crippen molar-refractivity contribution < 1.29 is 9.90 Å². The molecule has 3 N–H and O–H groups in total. The molecule has 1 saturated heterocycles. The Morgan fingerprint density at radius 2 is 2.06 bits per heavy atom. The summed E-state index contributed by atoms with van der Waals surface area (Å²) in [6.45, 7) is 4.07. The maximum atomic E-state index is 12.0. The molecule has 98 valence electrons. The highest BCUT2D eigenvalue weighted by Gasteiger charge is 2.22. The molecule has 1 fully saturated rings. The summed E-state index contributed by atoms with van der Waals surface area (Å²) in [4.78, 5) is 12.0. The van der Waals surface area contributed by atoms with Gasteiger partial charge in [-0.2, -0.15) is 0 Å². The summed E-state index contributed by atoms with van der Waals surface area (Å²) in [6, 6.07) is 6.77. The van der Waals surface area contributed by atoms with Crippen LogP contribution in [0.4, 0.5) is 0 Å². The molecule has 1 amide bonds. The van der Waals surface area contributed by atoms with E-state index in [-0.39, 0.29) is 17.7 Å². The molecule has 2 rings (SSSR count). The number of para-hydroxylation sites is 1. The van der Waals surface area contributed by atoms with Crippen molar-refractivity contribution in [2.75, 3.05) is 13.1 Å². The van der Waals surface area contributed by atoms with E-state index in [9.17, 15) is 9.90 Å². The molecule has 1 unspecified atom stereocenters. The second kappa shape index (κ2) is 5.87. The highest BCUT2D eigenvalue weighted by atomic mass is 16.3. The number of phenolic OH excluding ortho intramolecular Hbond substituents is 1. The first-order chi connectivity index (χ1) is 8.68. The van der Waals surface area contributed by atoms with Crippen LogP contribution < -0.4 is 10.6 Å². The van der Waals surface area contributed by atoms with E-state index in [1.54, 1.807) is 18.2 Å². The van der Waals surface area contributed by atoms with Crippen LogP contribution >= 0.6 is 0 Å². The summed E-state index contributed by atoms with van der Waals surface area (Å²) in [5.41, 5.74) is 0.346. The zero-order valence-corrected chi connectivity index (χ0v) is 10.6. The van der Waals surface area contributed by atoms with E-state index in [0.717, 1.165) is 25.9 Å². The second-order valence-corrected chi connectivity index (χ2v) is 4.87. The van der Waals surface area contributed by atoms with Gasteiger partial charge >= 0.3 is 0 Å². The number of piperidine rings is 1. The van der Waals surface area contributed by atoms with Gasteiger partial charge < -0.3 is 15.7 Å². The number of amides is 1. The van der Waals surface area contributed by atoms with Crippen molar-refractivity contribution in [2.24, 2.45) is 5.92 Å². The minimum atomic E-state index is -0.195. The van der Waals surface area contributed by atoms with Crippen molar-refractivity contribution >= 4 is 5.91 Å². The van der Waals surface area contributed by atoms with Gasteiger partial charge in [0.15, 0.2) is 0 Å². The molecule has 1 aromatic rings. The second-order valence-electron chi connectivity index (χ2n) is 4.87. The van der Waals surface area contributed by atoms with Gasteiger partial charge in [0.1, 0.15) is 5.75 Å². The van der Waals surface area contributed by atoms with Gasteiger partial charge in [0.05, 0.1) is 5.56 Å². The zero-order chi connectivity index (χ0) is 13.0. The predicted molar refractivity (Wildman–Crippen MR) is 70.6 cm³/mol. The third kappa shape index (κ3) is 3.01. The monoisotopic (exact) mass is 248 g/mol. The SMILES string of the molecule is CC(NC(=O)c1ccccc1O)C1CCNCC1. The predicted octanol–water partition coefficient (Wildman–Crippen LogP) is 1.51. The lowest BCUT2D eigenvalue weighted by molar-refractivity contribution is 0.0918. The topological polar surface area (TPSA) is 61.4 Å². The molecule has 0 saturated carbocycles. The van der Waals surface area contributed by atoms with Crippen LogP contribution in [0, 0.1) is 5.92 Å². The Kier molecular flexibility index (Phi) is 4.20. The number of hydrogen-bond donors (Lipinski definition) is 3. The normalized spacial score (nSPS) is 18.3. The number of carbonyl (C=O) groups is 1. The van der Waals surface area contributed by atoms with Gasteiger partial charge in [-0.25, -0.2) is 0 Å². The maximum Gasteiger partial charge on any atom is 0.255 e. The summed E-state index contributed by atoms with van der Waals surface area (Å²) in [7, 11) is 0. The van der Waals surface area contributed by atoms with Gasteiger partial charge in [-0.05, 0) is 50.9 Å². The molecular weight excluding hydrogens is 228 g/mol. The van der Waals surface area contributed by atoms with Crippen LogP contribution in [0.5, 0.6) is 5.75 Å². The van der Waals surface area contributed by atoms with Crippen molar-refractivity contribution in [3.63, 3.8) is 0 Å². The highest BCUT2D eigenvalue weighted by molar-refractivity contribution is 5.96. The molecule has 1 atom stereocenters. The van der Waals surface area contributed by atoms with Crippen molar-refractivity contribution in [1.82, 2.24) is 10.6 Å². The van der Waals surface area contributed by atoms with Crippen LogP contribution in [0.25, 0.3) is 0 Å². The third-order valence-electron chi connectivity index (χ3n) is 3.60. The first kappa shape index (κ1) is 12.9. The molecule has 4 nitrogen and oxygen atoms in total. The maximum absolute atomic E-state index is 12.0. The molecule has 0 aromatic heterocycles. The quantitative estimate of drug-likeness (QED) is 0.760. The lowest BCUT2D eigenvalue weighted by Gasteiger charge is -2.28. The molecule has 0 spiro atoms. The van der Waals surface area contributed by atoms with Crippen LogP contribution in [0.2, 0.25) is 0 Å². The lowest BCUT2D eigenvalue weighted by Crippen LogP contribution is -2.42. The Bertz CT molecular complexity index is 414. The average Bonchev–Trinajstić information content (AvgIpc) is 2.40. The van der Waals surface area contributed by atoms with Gasteiger partial charge in [0.2, 0.25) is 0 Å². The van der Waals surface area contributed by atoms with E-state index >= 15 is 0 Å². The fourth-order valence-corrected chi connectivity index (χ4v) is 2.41. The standard InChI is InChI=1S/C14H20N2O2/c1-10(11-6-8-15-9-7-11)16-14(18)12-4-2-3-5-13(12)17/h2-5,10-11,15,17H,6-9H2,1H3,(H,16,18). The molecule has 0 bridgehead atoms. The number of rotatable bonds is 3. The van der Waals surface area contributed by atoms with Crippen LogP contribution in [0.1, 0.15) is 30.1 Å². The zero-order valence-electron chi connectivity index (χ0n) is 10.6. The Labute approximate surface area is 107 Å². The van der Waals surface area contributed by atoms with Crippen molar-refractivity contribution in [1.29, 1.82) is 0 Å². The molecule has 0 radical (unpaired) electrons. The number of aromatic hydroxyl groups is 1. The fraction of sp³-hybridized carbons (Fsp3) is 0.500. The van der Waals surface area contributed by atoms with E-state index in [1.807, 2.05) is 6.92 Å². The number of nitrogens with one attached hydrogen (secondary N) is 2. The lowest BCUT2D eigenvalue weighted by atomic mass is 9.91. The summed E-state index contributed by atoms with van der Waals surface area (Å²) in [5, 5.41) is 15.9. The highest BCUT2D eigenvalue weighted by Crippen LogP contribution is 2.19. The van der Waals surface area contributed by atoms with Crippen LogP contribution in [-0.4, -0.2) is 30.1 Å². The molecule has 1 aromatic carbocycles. The van der Waals surface area contributed by atoms with Crippen LogP contribution in [-0.2, 0) is 0 Å². The van der Waals surface area contributed by atoms with E-state index < -0.39 is 0 Å².